The number of benzene rings is 2. The smallest absolute Gasteiger partial charge is 0.266 e. The summed E-state index contributed by atoms with van der Waals surface area (Å²) in [6, 6.07) is 13.4. The Morgan fingerprint density at radius 3 is 2.72 bits per heavy atom. The van der Waals surface area contributed by atoms with E-state index in [1.165, 1.54) is 24.6 Å². The lowest BCUT2D eigenvalue weighted by molar-refractivity contribution is -0.119. The van der Waals surface area contributed by atoms with Gasteiger partial charge in [-0.1, -0.05) is 36.0 Å². The number of rotatable bonds is 6. The fraction of sp³-hybridized carbons (Fsp3) is 0.348. The van der Waals surface area contributed by atoms with Gasteiger partial charge >= 0.3 is 0 Å². The van der Waals surface area contributed by atoms with Gasteiger partial charge in [0.1, 0.15) is 0 Å². The molecule has 150 valence electrons. The molecular formula is C23H25N3O2S. The summed E-state index contributed by atoms with van der Waals surface area (Å²) >= 11 is 1.31. The van der Waals surface area contributed by atoms with Crippen molar-refractivity contribution < 1.29 is 4.79 Å². The molecule has 1 aliphatic carbocycles. The van der Waals surface area contributed by atoms with Crippen molar-refractivity contribution in [2.45, 2.75) is 44.8 Å². The largest absolute Gasteiger partial charge is 0.353 e. The third kappa shape index (κ3) is 4.08. The van der Waals surface area contributed by atoms with E-state index in [0.717, 1.165) is 16.8 Å². The quantitative estimate of drug-likeness (QED) is 0.495. The van der Waals surface area contributed by atoms with E-state index in [2.05, 4.69) is 12.2 Å². The predicted octanol–water partition coefficient (Wildman–Crippen LogP) is 4.01. The first kappa shape index (κ1) is 19.7. The number of hydrogen-bond acceptors (Lipinski definition) is 4. The van der Waals surface area contributed by atoms with Crippen molar-refractivity contribution in [3.8, 4) is 5.69 Å². The standard InChI is InChI=1S/C23H25N3O2S/c1-14-7-6-10-20(15(14)2)26-22(28)18-8-4-5-9-19(18)25-23(26)29-13-21(27)24-16(3)17-11-12-17/h4-10,16-17H,11-13H2,1-3H3,(H,24,27)/t16-/m0/s1. The lowest BCUT2D eigenvalue weighted by Gasteiger charge is -2.17. The van der Waals surface area contributed by atoms with Gasteiger partial charge in [0.25, 0.3) is 5.56 Å². The lowest BCUT2D eigenvalue weighted by Crippen LogP contribution is -2.35. The van der Waals surface area contributed by atoms with E-state index in [1.54, 1.807) is 10.6 Å². The maximum Gasteiger partial charge on any atom is 0.266 e. The number of fused-ring (bicyclic) bond motifs is 1. The number of nitrogens with zero attached hydrogens (tertiary/aromatic N) is 2. The molecule has 4 rings (SSSR count). The number of aryl methyl sites for hydroxylation is 1. The molecule has 1 atom stereocenters. The third-order valence-corrected chi connectivity index (χ3v) is 6.55. The molecule has 1 amide bonds. The number of carbonyl (C=O) groups is 1. The van der Waals surface area contributed by atoms with E-state index in [1.807, 2.05) is 50.2 Å². The van der Waals surface area contributed by atoms with Crippen LogP contribution in [0.1, 0.15) is 30.9 Å². The molecule has 1 aliphatic rings. The van der Waals surface area contributed by atoms with E-state index < -0.39 is 0 Å². The van der Waals surface area contributed by atoms with Gasteiger partial charge in [-0.2, -0.15) is 0 Å². The van der Waals surface area contributed by atoms with Gasteiger partial charge in [-0.15, -0.1) is 0 Å². The molecule has 1 N–H and O–H groups in total. The van der Waals surface area contributed by atoms with Crippen LogP contribution in [0.3, 0.4) is 0 Å². The Hall–Kier alpha value is -2.60. The van der Waals surface area contributed by atoms with E-state index in [-0.39, 0.29) is 23.3 Å². The summed E-state index contributed by atoms with van der Waals surface area (Å²) in [5, 5.41) is 4.18. The van der Waals surface area contributed by atoms with E-state index in [4.69, 9.17) is 4.98 Å². The van der Waals surface area contributed by atoms with E-state index in [9.17, 15) is 9.59 Å². The average Bonchev–Trinajstić information content (AvgIpc) is 3.55. The highest BCUT2D eigenvalue weighted by Crippen LogP contribution is 2.32. The highest BCUT2D eigenvalue weighted by molar-refractivity contribution is 7.99. The minimum atomic E-state index is -0.112. The highest BCUT2D eigenvalue weighted by Gasteiger charge is 2.29. The summed E-state index contributed by atoms with van der Waals surface area (Å²) in [7, 11) is 0. The summed E-state index contributed by atoms with van der Waals surface area (Å²) in [6.45, 7) is 6.09. The Balaban J connectivity index is 1.72. The number of nitrogens with one attached hydrogen (secondary N) is 1. The molecule has 29 heavy (non-hydrogen) atoms. The Kier molecular flexibility index (Phi) is 5.46. The first-order chi connectivity index (χ1) is 14.0. The monoisotopic (exact) mass is 407 g/mol. The first-order valence-corrected chi connectivity index (χ1v) is 10.9. The molecule has 2 aromatic carbocycles. The normalized spacial score (nSPS) is 14.7. The van der Waals surface area contributed by atoms with Gasteiger partial charge < -0.3 is 5.32 Å². The van der Waals surface area contributed by atoms with Gasteiger partial charge in [-0.05, 0) is 68.9 Å². The molecule has 0 bridgehead atoms. The summed E-state index contributed by atoms with van der Waals surface area (Å²) < 4.78 is 1.65. The fourth-order valence-electron chi connectivity index (χ4n) is 3.54. The summed E-state index contributed by atoms with van der Waals surface area (Å²) in [4.78, 5) is 30.5. The van der Waals surface area contributed by atoms with Crippen LogP contribution in [0.15, 0.2) is 52.4 Å². The fourth-order valence-corrected chi connectivity index (χ4v) is 4.36. The average molecular weight is 408 g/mol. The third-order valence-electron chi connectivity index (χ3n) is 5.61. The van der Waals surface area contributed by atoms with Crippen molar-refractivity contribution in [1.82, 2.24) is 14.9 Å². The Labute approximate surface area is 174 Å². The highest BCUT2D eigenvalue weighted by atomic mass is 32.2. The number of thioether (sulfide) groups is 1. The van der Waals surface area contributed by atoms with Crippen LogP contribution in [0.4, 0.5) is 0 Å². The predicted molar refractivity (Wildman–Crippen MR) is 118 cm³/mol. The molecule has 0 spiro atoms. The zero-order valence-corrected chi connectivity index (χ0v) is 17.8. The molecular weight excluding hydrogens is 382 g/mol. The molecule has 1 heterocycles. The lowest BCUT2D eigenvalue weighted by atomic mass is 10.1. The molecule has 5 nitrogen and oxygen atoms in total. The maximum absolute atomic E-state index is 13.3. The van der Waals surface area contributed by atoms with Crippen LogP contribution in [0, 0.1) is 19.8 Å². The van der Waals surface area contributed by atoms with Gasteiger partial charge in [0.05, 0.1) is 22.3 Å². The zero-order chi connectivity index (χ0) is 20.5. The Morgan fingerprint density at radius 2 is 1.97 bits per heavy atom. The molecule has 0 aliphatic heterocycles. The van der Waals surface area contributed by atoms with Crippen LogP contribution in [0.25, 0.3) is 16.6 Å². The van der Waals surface area contributed by atoms with Gasteiger partial charge in [0.15, 0.2) is 5.16 Å². The van der Waals surface area contributed by atoms with Crippen LogP contribution < -0.4 is 10.9 Å². The van der Waals surface area contributed by atoms with Crippen LogP contribution in [0.2, 0.25) is 0 Å². The van der Waals surface area contributed by atoms with Crippen molar-refractivity contribution in [3.05, 3.63) is 63.9 Å². The maximum atomic E-state index is 13.3. The molecule has 1 fully saturated rings. The zero-order valence-electron chi connectivity index (χ0n) is 16.9. The second-order valence-corrected chi connectivity index (χ2v) is 8.70. The van der Waals surface area contributed by atoms with Gasteiger partial charge in [-0.25, -0.2) is 4.98 Å². The number of carbonyl (C=O) groups excluding carboxylic acids is 1. The molecule has 1 aromatic heterocycles. The molecule has 1 saturated carbocycles. The number of amides is 1. The van der Waals surface area contributed by atoms with Crippen LogP contribution in [0.5, 0.6) is 0 Å². The number of hydrogen-bond donors (Lipinski definition) is 1. The second kappa shape index (κ2) is 8.03. The van der Waals surface area contributed by atoms with Crippen LogP contribution in [-0.4, -0.2) is 27.3 Å². The number of aromatic nitrogens is 2. The Bertz CT molecular complexity index is 1130. The van der Waals surface area contributed by atoms with Gasteiger partial charge in [0, 0.05) is 6.04 Å². The molecule has 6 heteroatoms. The summed E-state index contributed by atoms with van der Waals surface area (Å²) in [5.41, 5.74) is 3.48. The molecule has 0 unspecified atom stereocenters. The van der Waals surface area contributed by atoms with Crippen molar-refractivity contribution in [1.29, 1.82) is 0 Å². The SMILES string of the molecule is Cc1cccc(-n2c(SCC(=O)N[C@@H](C)C3CC3)nc3ccccc3c2=O)c1C. The summed E-state index contributed by atoms with van der Waals surface area (Å²) in [6.07, 6.45) is 2.37. The van der Waals surface area contributed by atoms with Crippen molar-refractivity contribution in [3.63, 3.8) is 0 Å². The van der Waals surface area contributed by atoms with Crippen molar-refractivity contribution in [2.75, 3.05) is 5.75 Å². The van der Waals surface area contributed by atoms with Gasteiger partial charge in [-0.3, -0.25) is 14.2 Å². The van der Waals surface area contributed by atoms with Gasteiger partial charge in [0.2, 0.25) is 5.91 Å². The minimum Gasteiger partial charge on any atom is -0.353 e. The molecule has 0 radical (unpaired) electrons. The van der Waals surface area contributed by atoms with Crippen LogP contribution in [-0.2, 0) is 4.79 Å². The van der Waals surface area contributed by atoms with E-state index >= 15 is 0 Å². The molecule has 0 saturated heterocycles. The number of para-hydroxylation sites is 1. The van der Waals surface area contributed by atoms with Crippen molar-refractivity contribution >= 4 is 28.6 Å². The second-order valence-electron chi connectivity index (χ2n) is 7.75. The molecule has 3 aromatic rings. The Morgan fingerprint density at radius 1 is 1.21 bits per heavy atom. The topological polar surface area (TPSA) is 64.0 Å². The van der Waals surface area contributed by atoms with Crippen LogP contribution >= 0.6 is 11.8 Å². The van der Waals surface area contributed by atoms with E-state index in [0.29, 0.717) is 22.0 Å². The summed E-state index contributed by atoms with van der Waals surface area (Å²) in [5.74, 6) is 0.812. The minimum absolute atomic E-state index is 0.0238. The first-order valence-electron chi connectivity index (χ1n) is 9.96. The van der Waals surface area contributed by atoms with Crippen molar-refractivity contribution in [2.24, 2.45) is 5.92 Å².